The molecule has 15 nitrogen and oxygen atoms in total. The lowest BCUT2D eigenvalue weighted by Gasteiger charge is -2.35. The van der Waals surface area contributed by atoms with Crippen LogP contribution >= 0.6 is 34.5 Å². The van der Waals surface area contributed by atoms with E-state index in [0.717, 1.165) is 31.8 Å². The number of fused-ring (bicyclic) bond motifs is 7. The highest BCUT2D eigenvalue weighted by atomic mass is 35.5. The molecule has 2 saturated heterocycles. The van der Waals surface area contributed by atoms with Gasteiger partial charge in [-0.3, -0.25) is 4.90 Å². The molecule has 2 fully saturated rings. The normalized spacial score (nSPS) is 21.8. The number of hydrogen-bond donors (Lipinski definition) is 1. The number of halogens is 4. The number of alkyl halides is 1. The molecule has 20 heteroatoms. The van der Waals surface area contributed by atoms with Crippen LogP contribution in [0.25, 0.3) is 37.4 Å². The molecular formula is C54H56Cl2F2N6O9S. The van der Waals surface area contributed by atoms with Crippen molar-refractivity contribution in [1.29, 1.82) is 0 Å². The van der Waals surface area contributed by atoms with Gasteiger partial charge < -0.3 is 43.2 Å². The molecule has 0 saturated carbocycles. The molecule has 4 bridgehead atoms. The molecule has 3 aromatic heterocycles. The summed E-state index contributed by atoms with van der Waals surface area (Å²) in [6.07, 6.45) is 3.16. The number of nitrogens with zero attached hydrogens (tertiary/aromatic N) is 6. The highest BCUT2D eigenvalue weighted by molar-refractivity contribution is 7.22. The van der Waals surface area contributed by atoms with E-state index in [0.29, 0.717) is 110 Å². The van der Waals surface area contributed by atoms with Crippen molar-refractivity contribution in [3.8, 4) is 44.7 Å². The van der Waals surface area contributed by atoms with Crippen molar-refractivity contribution >= 4 is 56.3 Å². The van der Waals surface area contributed by atoms with E-state index in [-0.39, 0.29) is 67.7 Å². The molecule has 1 aliphatic carbocycles. The van der Waals surface area contributed by atoms with Crippen LogP contribution < -0.4 is 18.9 Å². The van der Waals surface area contributed by atoms with E-state index in [2.05, 4.69) is 31.8 Å². The number of thiophene rings is 1. The number of aromatic nitrogens is 4. The van der Waals surface area contributed by atoms with Crippen molar-refractivity contribution in [2.45, 2.75) is 70.1 Å². The van der Waals surface area contributed by atoms with E-state index in [4.69, 9.17) is 61.3 Å². The zero-order chi connectivity index (χ0) is 51.5. The number of carboxylic acid groups (broad SMARTS) is 1. The van der Waals surface area contributed by atoms with Gasteiger partial charge in [0.1, 0.15) is 59.6 Å². The Kier molecular flexibility index (Phi) is 15.9. The van der Waals surface area contributed by atoms with E-state index in [1.807, 2.05) is 19.9 Å². The van der Waals surface area contributed by atoms with Crippen molar-refractivity contribution in [1.82, 2.24) is 29.7 Å². The quantitative estimate of drug-likeness (QED) is 0.123. The van der Waals surface area contributed by atoms with E-state index in [9.17, 15) is 14.3 Å². The maximum Gasteiger partial charge on any atom is 0.345 e. The predicted octanol–water partition coefficient (Wildman–Crippen LogP) is 9.63. The first-order valence-electron chi connectivity index (χ1n) is 24.6. The van der Waals surface area contributed by atoms with Crippen LogP contribution in [0.1, 0.15) is 47.5 Å². The zero-order valence-electron chi connectivity index (χ0n) is 41.2. The number of rotatable bonds is 12. The lowest BCUT2D eigenvalue weighted by Crippen LogP contribution is -2.49. The van der Waals surface area contributed by atoms with E-state index in [1.165, 1.54) is 29.8 Å². The Bertz CT molecular complexity index is 3020. The number of aliphatic carboxylic acids is 1. The van der Waals surface area contributed by atoms with Gasteiger partial charge in [0, 0.05) is 67.8 Å². The molecule has 0 amide bonds. The molecule has 4 atom stereocenters. The Morgan fingerprint density at radius 3 is 2.49 bits per heavy atom. The summed E-state index contributed by atoms with van der Waals surface area (Å²) in [5.41, 5.74) is 3.51. The summed E-state index contributed by atoms with van der Waals surface area (Å²) in [5.74, 6) is -0.0951. The van der Waals surface area contributed by atoms with Crippen LogP contribution in [0.4, 0.5) is 8.78 Å². The van der Waals surface area contributed by atoms with Crippen molar-refractivity contribution in [3.05, 3.63) is 111 Å². The van der Waals surface area contributed by atoms with Crippen LogP contribution in [0.15, 0.2) is 67.1 Å². The fourth-order valence-electron chi connectivity index (χ4n) is 9.71. The molecule has 6 aromatic rings. The summed E-state index contributed by atoms with van der Waals surface area (Å²) < 4.78 is 73.4. The third-order valence-corrected chi connectivity index (χ3v) is 15.9. The van der Waals surface area contributed by atoms with Crippen LogP contribution in [0, 0.1) is 19.7 Å². The number of allylic oxidation sites excluding steroid dienone is 2. The minimum absolute atomic E-state index is 0.00220. The number of carbonyl (C=O) groups is 1. The maximum absolute atomic E-state index is 15.8. The van der Waals surface area contributed by atoms with Crippen LogP contribution in [-0.2, 0) is 32.0 Å². The van der Waals surface area contributed by atoms with Crippen LogP contribution in [-0.4, -0.2) is 144 Å². The summed E-state index contributed by atoms with van der Waals surface area (Å²) in [4.78, 5) is 37.7. The van der Waals surface area contributed by atoms with Gasteiger partial charge in [-0.25, -0.2) is 33.5 Å². The van der Waals surface area contributed by atoms with Crippen LogP contribution in [0.3, 0.4) is 0 Å². The fourth-order valence-corrected chi connectivity index (χ4v) is 11.4. The molecule has 7 heterocycles. The number of ether oxygens (including phenoxy) is 7. The van der Waals surface area contributed by atoms with Gasteiger partial charge in [0.2, 0.25) is 12.0 Å². The summed E-state index contributed by atoms with van der Waals surface area (Å²) in [5, 5.41) is 11.9. The second kappa shape index (κ2) is 22.7. The minimum atomic E-state index is -1.53. The Balaban J connectivity index is 0.982. The van der Waals surface area contributed by atoms with Crippen molar-refractivity contribution in [3.63, 3.8) is 0 Å². The highest BCUT2D eigenvalue weighted by Crippen LogP contribution is 2.53. The largest absolute Gasteiger partial charge is 0.490 e. The molecule has 0 unspecified atom stereocenters. The van der Waals surface area contributed by atoms with Gasteiger partial charge >= 0.3 is 5.97 Å². The summed E-state index contributed by atoms with van der Waals surface area (Å²) in [6, 6.07) is 13.0. The number of likely N-dealkylation sites (N-methyl/N-ethyl adjacent to an activating group) is 1. The first-order valence-corrected chi connectivity index (χ1v) is 26.2. The first kappa shape index (κ1) is 51.9. The topological polar surface area (TPSA) is 160 Å². The van der Waals surface area contributed by atoms with Crippen molar-refractivity contribution in [2.24, 2.45) is 0 Å². The average molecular weight is 1070 g/mol. The molecule has 74 heavy (non-hydrogen) atoms. The summed E-state index contributed by atoms with van der Waals surface area (Å²) in [6.45, 7) is 9.42. The monoisotopic (exact) mass is 1070 g/mol. The molecule has 5 aliphatic rings. The van der Waals surface area contributed by atoms with Gasteiger partial charge in [-0.2, -0.15) is 0 Å². The van der Waals surface area contributed by atoms with Gasteiger partial charge in [0.25, 0.3) is 0 Å². The van der Waals surface area contributed by atoms with E-state index in [1.54, 1.807) is 42.6 Å². The summed E-state index contributed by atoms with van der Waals surface area (Å²) >= 11 is 16.0. The maximum atomic E-state index is 15.8. The highest BCUT2D eigenvalue weighted by Gasteiger charge is 2.35. The Morgan fingerprint density at radius 2 is 1.76 bits per heavy atom. The summed E-state index contributed by atoms with van der Waals surface area (Å²) in [7, 11) is 2.09. The number of hydrogen-bond acceptors (Lipinski definition) is 15. The molecular weight excluding hydrogens is 1020 g/mol. The third kappa shape index (κ3) is 11.6. The third-order valence-electron chi connectivity index (χ3n) is 13.8. The molecule has 4 aliphatic heterocycles. The molecule has 0 spiro atoms. The van der Waals surface area contributed by atoms with Gasteiger partial charge in [0.05, 0.1) is 54.2 Å². The first-order chi connectivity index (χ1) is 35.8. The van der Waals surface area contributed by atoms with Gasteiger partial charge in [0.15, 0.2) is 11.6 Å². The number of piperazine rings is 1. The van der Waals surface area contributed by atoms with Gasteiger partial charge in [-0.1, -0.05) is 41.4 Å². The minimum Gasteiger partial charge on any atom is -0.490 e. The fraction of sp³-hybridized carbons (Fsp3) is 0.426. The second-order valence-electron chi connectivity index (χ2n) is 19.2. The smallest absolute Gasteiger partial charge is 0.345 e. The lowest BCUT2D eigenvalue weighted by atomic mass is 9.87. The standard InChI is InChI=1S/C54H56Cl2F2N6O9S/c1-31-43-32(2)47(56)48(46(31)55)72-39(24-64-18-16-63(3)17-19-64)28-70-38-8-9-41(71-25-37-12-15-59-50(62-37)34-10-13-54(58,14-11-34)29-68-27-40-26-67-20-21-69-40)35(22-38)23-42(53(65)66)73-51-45-44(43)49(74-52(45)61-30-60-51)33-4-6-36(57)7-5-33/h4-10,12,15,22,30,39-40,42H,11,13-14,16-21,23-29H2,1-3H3,(H,65,66)/t39-,40+,42-,54+/m1/s1. The molecule has 1 N–H and O–H groups in total. The van der Waals surface area contributed by atoms with Crippen molar-refractivity contribution in [2.75, 3.05) is 79.4 Å². The number of benzene rings is 3. The van der Waals surface area contributed by atoms with E-state index >= 15 is 4.39 Å². The Labute approximate surface area is 441 Å². The molecule has 0 radical (unpaired) electrons. The van der Waals surface area contributed by atoms with Crippen LogP contribution in [0.2, 0.25) is 10.0 Å². The van der Waals surface area contributed by atoms with E-state index < -0.39 is 29.7 Å². The molecule has 3 aromatic carbocycles. The zero-order valence-corrected chi connectivity index (χ0v) is 43.5. The number of carboxylic acids is 1. The van der Waals surface area contributed by atoms with Gasteiger partial charge in [-0.15, -0.1) is 11.3 Å². The van der Waals surface area contributed by atoms with Gasteiger partial charge in [-0.05, 0) is 98.0 Å². The predicted molar refractivity (Wildman–Crippen MR) is 277 cm³/mol. The SMILES string of the molecule is Cc1c(Cl)c2c(Cl)c(C)c1-c1c(-c3ccc(F)cc3)sc3ncnc(c13)O[C@@H](C(=O)O)Cc1cc(ccc1OCc1ccnc(C3=CC[C@@](F)(COC[C@@H]4COCCO4)CC3)n1)OC[C@@H](CN1CCN(C)CC1)O2. The average Bonchev–Trinajstić information content (AvgIpc) is 3.79. The Hall–Kier alpha value is -5.57. The van der Waals surface area contributed by atoms with Crippen LogP contribution in [0.5, 0.6) is 23.1 Å². The second-order valence-corrected chi connectivity index (χ2v) is 20.9. The Morgan fingerprint density at radius 1 is 0.959 bits per heavy atom. The van der Waals surface area contributed by atoms with Crippen molar-refractivity contribution < 1.29 is 51.8 Å². The molecule has 11 rings (SSSR count). The lowest BCUT2D eigenvalue weighted by molar-refractivity contribution is -0.145. The molecule has 390 valence electrons.